The molecule has 1 fully saturated rings. The Bertz CT molecular complexity index is 100. The van der Waals surface area contributed by atoms with Gasteiger partial charge in [0.2, 0.25) is 0 Å². The molecular weight excluding hydrogens is 190 g/mol. The van der Waals surface area contributed by atoms with E-state index < -0.39 is 0 Å². The van der Waals surface area contributed by atoms with E-state index in [0.717, 1.165) is 0 Å². The summed E-state index contributed by atoms with van der Waals surface area (Å²) in [6.07, 6.45) is 5.62. The first kappa shape index (κ1) is 14.3. The molecule has 1 aliphatic heterocycles. The van der Waals surface area contributed by atoms with Crippen molar-refractivity contribution in [3.05, 3.63) is 0 Å². The molecule has 0 aromatic carbocycles. The molecule has 0 saturated carbocycles. The van der Waals surface area contributed by atoms with Gasteiger partial charge in [-0.1, -0.05) is 40.0 Å². The van der Waals surface area contributed by atoms with Crippen LogP contribution in [0.25, 0.3) is 0 Å². The highest BCUT2D eigenvalue weighted by atomic mass is 32.2. The summed E-state index contributed by atoms with van der Waals surface area (Å²) in [7, 11) is 0. The molecule has 0 bridgehead atoms. The van der Waals surface area contributed by atoms with Crippen LogP contribution in [0.2, 0.25) is 0 Å². The van der Waals surface area contributed by atoms with E-state index in [4.69, 9.17) is 0 Å². The minimum atomic E-state index is 1.33. The van der Waals surface area contributed by atoms with Crippen LogP contribution in [0.5, 0.6) is 0 Å². The predicted octanol–water partition coefficient (Wildman–Crippen LogP) is 3.64. The van der Waals surface area contributed by atoms with Gasteiger partial charge in [0.25, 0.3) is 0 Å². The number of nitrogens with zero attached hydrogens (tertiary/aromatic N) is 1. The first-order chi connectivity index (χ1) is 6.93. The molecule has 2 heteroatoms. The molecule has 1 aliphatic rings. The van der Waals surface area contributed by atoms with Crippen LogP contribution in [0.4, 0.5) is 0 Å². The Morgan fingerprint density at radius 2 is 1.64 bits per heavy atom. The number of unbranched alkanes of at least 4 members (excludes halogenated alkanes) is 3. The molecule has 0 aromatic heterocycles. The van der Waals surface area contributed by atoms with E-state index in [9.17, 15) is 0 Å². The third-order valence-electron chi connectivity index (χ3n) is 2.43. The minimum Gasteiger partial charge on any atom is -0.302 e. The summed E-state index contributed by atoms with van der Waals surface area (Å²) in [6, 6.07) is 0. The van der Waals surface area contributed by atoms with Crippen molar-refractivity contribution >= 4 is 11.8 Å². The van der Waals surface area contributed by atoms with E-state index in [0.29, 0.717) is 0 Å². The number of rotatable bonds is 5. The Kier molecular flexibility index (Phi) is 11.6. The maximum atomic E-state index is 2.62. The van der Waals surface area contributed by atoms with E-state index in [1.807, 2.05) is 13.8 Å². The van der Waals surface area contributed by atoms with Crippen LogP contribution < -0.4 is 0 Å². The van der Waals surface area contributed by atoms with Crippen molar-refractivity contribution in [1.82, 2.24) is 4.90 Å². The maximum absolute atomic E-state index is 2.62. The fourth-order valence-electron chi connectivity index (χ4n) is 1.59. The largest absolute Gasteiger partial charge is 0.302 e. The number of hydrogen-bond donors (Lipinski definition) is 0. The monoisotopic (exact) mass is 217 g/mol. The summed E-state index contributed by atoms with van der Waals surface area (Å²) in [5.41, 5.74) is 0. The Labute approximate surface area is 94.6 Å². The predicted molar refractivity (Wildman–Crippen MR) is 69.3 cm³/mol. The molecule has 0 amide bonds. The second-order valence-electron chi connectivity index (χ2n) is 3.51. The van der Waals surface area contributed by atoms with Crippen LogP contribution in [0.3, 0.4) is 0 Å². The molecule has 0 aliphatic carbocycles. The highest BCUT2D eigenvalue weighted by Gasteiger charge is 2.08. The summed E-state index contributed by atoms with van der Waals surface area (Å²) >= 11 is 2.10. The van der Waals surface area contributed by atoms with E-state index in [1.165, 1.54) is 56.8 Å². The van der Waals surface area contributed by atoms with Crippen LogP contribution in [0.1, 0.15) is 46.5 Å². The molecule has 0 unspecified atom stereocenters. The summed E-state index contributed by atoms with van der Waals surface area (Å²) in [4.78, 5) is 2.62. The molecular formula is C12H27NS. The van der Waals surface area contributed by atoms with Gasteiger partial charge in [0.15, 0.2) is 0 Å². The quantitative estimate of drug-likeness (QED) is 0.647. The maximum Gasteiger partial charge on any atom is 0.00727 e. The van der Waals surface area contributed by atoms with Gasteiger partial charge in [0, 0.05) is 24.6 Å². The van der Waals surface area contributed by atoms with Gasteiger partial charge in [-0.25, -0.2) is 0 Å². The first-order valence-electron chi connectivity index (χ1n) is 6.23. The molecule has 1 saturated heterocycles. The highest BCUT2D eigenvalue weighted by Crippen LogP contribution is 2.10. The van der Waals surface area contributed by atoms with E-state index in [-0.39, 0.29) is 0 Å². The van der Waals surface area contributed by atoms with Crippen LogP contribution in [-0.4, -0.2) is 36.0 Å². The zero-order chi connectivity index (χ0) is 10.6. The van der Waals surface area contributed by atoms with Crippen LogP contribution >= 0.6 is 11.8 Å². The van der Waals surface area contributed by atoms with Gasteiger partial charge in [-0.2, -0.15) is 11.8 Å². The topological polar surface area (TPSA) is 3.24 Å². The Morgan fingerprint density at radius 3 is 2.21 bits per heavy atom. The zero-order valence-electron chi connectivity index (χ0n) is 10.2. The summed E-state index contributed by atoms with van der Waals surface area (Å²) in [6.45, 7) is 10.3. The Morgan fingerprint density at radius 1 is 1.00 bits per heavy atom. The smallest absolute Gasteiger partial charge is 0.00727 e. The van der Waals surface area contributed by atoms with Gasteiger partial charge in [0.1, 0.15) is 0 Å². The standard InChI is InChI=1S/C10H21NS.C2H6/c1-2-3-4-5-6-11-7-9-12-10-8-11;1-2/h2-10H2,1H3;1-2H3. The van der Waals surface area contributed by atoms with Gasteiger partial charge in [0.05, 0.1) is 0 Å². The van der Waals surface area contributed by atoms with Gasteiger partial charge >= 0.3 is 0 Å². The van der Waals surface area contributed by atoms with Crippen molar-refractivity contribution in [3.63, 3.8) is 0 Å². The van der Waals surface area contributed by atoms with E-state index >= 15 is 0 Å². The first-order valence-corrected chi connectivity index (χ1v) is 7.39. The lowest BCUT2D eigenvalue weighted by atomic mass is 10.2. The lowest BCUT2D eigenvalue weighted by molar-refractivity contribution is 0.294. The third kappa shape index (κ3) is 7.69. The van der Waals surface area contributed by atoms with Gasteiger partial charge in [-0.05, 0) is 13.0 Å². The minimum absolute atomic E-state index is 1.33. The fraction of sp³-hybridized carbons (Fsp3) is 1.00. The second kappa shape index (κ2) is 11.4. The lowest BCUT2D eigenvalue weighted by Gasteiger charge is -2.25. The molecule has 14 heavy (non-hydrogen) atoms. The van der Waals surface area contributed by atoms with Crippen molar-refractivity contribution in [2.75, 3.05) is 31.1 Å². The number of thioether (sulfide) groups is 1. The van der Waals surface area contributed by atoms with Crippen LogP contribution in [-0.2, 0) is 0 Å². The Balaban J connectivity index is 0.000000791. The third-order valence-corrected chi connectivity index (χ3v) is 3.37. The summed E-state index contributed by atoms with van der Waals surface area (Å²) in [5.74, 6) is 2.71. The highest BCUT2D eigenvalue weighted by molar-refractivity contribution is 7.99. The molecule has 0 radical (unpaired) electrons. The summed E-state index contributed by atoms with van der Waals surface area (Å²) < 4.78 is 0. The second-order valence-corrected chi connectivity index (χ2v) is 4.74. The molecule has 1 heterocycles. The SMILES string of the molecule is CC.CCCCCCN1CCSCC1. The number of hydrogen-bond acceptors (Lipinski definition) is 2. The van der Waals surface area contributed by atoms with Crippen molar-refractivity contribution < 1.29 is 0 Å². The molecule has 0 N–H and O–H groups in total. The van der Waals surface area contributed by atoms with Crippen molar-refractivity contribution in [1.29, 1.82) is 0 Å². The lowest BCUT2D eigenvalue weighted by Crippen LogP contribution is -2.33. The van der Waals surface area contributed by atoms with Crippen molar-refractivity contribution in [2.24, 2.45) is 0 Å². The average Bonchev–Trinajstić information content (AvgIpc) is 2.29. The van der Waals surface area contributed by atoms with Crippen LogP contribution in [0.15, 0.2) is 0 Å². The van der Waals surface area contributed by atoms with Crippen molar-refractivity contribution in [2.45, 2.75) is 46.5 Å². The molecule has 86 valence electrons. The van der Waals surface area contributed by atoms with Gasteiger partial charge in [-0.15, -0.1) is 0 Å². The fourth-order valence-corrected chi connectivity index (χ4v) is 2.57. The summed E-state index contributed by atoms with van der Waals surface area (Å²) in [5, 5.41) is 0. The molecule has 0 spiro atoms. The zero-order valence-corrected chi connectivity index (χ0v) is 11.0. The van der Waals surface area contributed by atoms with E-state index in [2.05, 4.69) is 23.6 Å². The van der Waals surface area contributed by atoms with E-state index in [1.54, 1.807) is 0 Å². The van der Waals surface area contributed by atoms with Crippen LogP contribution in [0, 0.1) is 0 Å². The Hall–Kier alpha value is 0.310. The van der Waals surface area contributed by atoms with Gasteiger partial charge < -0.3 is 4.90 Å². The van der Waals surface area contributed by atoms with Crippen molar-refractivity contribution in [3.8, 4) is 0 Å². The molecule has 1 nitrogen and oxygen atoms in total. The van der Waals surface area contributed by atoms with Gasteiger partial charge in [-0.3, -0.25) is 0 Å². The average molecular weight is 217 g/mol. The molecule has 0 aromatic rings. The molecule has 1 rings (SSSR count). The normalized spacial score (nSPS) is 17.4. The molecule has 0 atom stereocenters.